The minimum atomic E-state index is -0.222. The number of carbonyl (C=O) groups is 1. The van der Waals surface area contributed by atoms with E-state index in [1.165, 1.54) is 11.4 Å². The highest BCUT2D eigenvalue weighted by Gasteiger charge is 2.42. The molecule has 5 heteroatoms. The van der Waals surface area contributed by atoms with Gasteiger partial charge in [0.1, 0.15) is 6.61 Å². The Labute approximate surface area is 104 Å². The number of carbonyl (C=O) groups excluding carboxylic acids is 1. The number of ether oxygens (including phenoxy) is 1. The number of hydrogen-bond acceptors (Lipinski definition) is 4. The zero-order valence-electron chi connectivity index (χ0n) is 11.2. The average Bonchev–Trinajstić information content (AvgIpc) is 2.21. The molecule has 0 unspecified atom stereocenters. The van der Waals surface area contributed by atoms with Gasteiger partial charge in [0, 0.05) is 26.2 Å². The summed E-state index contributed by atoms with van der Waals surface area (Å²) in [5.41, 5.74) is 0.0560. The Kier molecular flexibility index (Phi) is 5.21. The summed E-state index contributed by atoms with van der Waals surface area (Å²) >= 11 is 0. The van der Waals surface area contributed by atoms with Crippen LogP contribution in [-0.4, -0.2) is 48.8 Å². The van der Waals surface area contributed by atoms with E-state index in [1.807, 2.05) is 7.05 Å². The van der Waals surface area contributed by atoms with Crippen molar-refractivity contribution in [3.63, 3.8) is 0 Å². The molecule has 0 aromatic carbocycles. The van der Waals surface area contributed by atoms with E-state index >= 15 is 0 Å². The van der Waals surface area contributed by atoms with Crippen LogP contribution < -0.4 is 5.84 Å². The number of nitrogens with two attached hydrogens (primary N) is 1. The first-order chi connectivity index (χ1) is 8.02. The highest BCUT2D eigenvalue weighted by atomic mass is 16.6. The molecular formula is C12H25N3O2. The Balaban J connectivity index is 2.39. The molecule has 0 aromatic rings. The van der Waals surface area contributed by atoms with Crippen molar-refractivity contribution in [2.45, 2.75) is 44.6 Å². The molecule has 1 fully saturated rings. The summed E-state index contributed by atoms with van der Waals surface area (Å²) in [7, 11) is 3.60. The van der Waals surface area contributed by atoms with E-state index in [9.17, 15) is 4.79 Å². The minimum absolute atomic E-state index is 0.0560. The van der Waals surface area contributed by atoms with Gasteiger partial charge in [-0.05, 0) is 25.7 Å². The van der Waals surface area contributed by atoms with Crippen LogP contribution in [0, 0.1) is 0 Å². The van der Waals surface area contributed by atoms with Gasteiger partial charge in [-0.1, -0.05) is 13.3 Å². The molecule has 1 aliphatic rings. The third-order valence-electron chi connectivity index (χ3n) is 3.65. The maximum Gasteiger partial charge on any atom is 0.410 e. The normalized spacial score (nSPS) is 17.7. The predicted octanol–water partition coefficient (Wildman–Crippen LogP) is 1.58. The van der Waals surface area contributed by atoms with Crippen molar-refractivity contribution in [2.75, 3.05) is 27.2 Å². The van der Waals surface area contributed by atoms with E-state index in [1.54, 1.807) is 11.9 Å². The number of hydrazine groups is 1. The van der Waals surface area contributed by atoms with Crippen LogP contribution in [0.4, 0.5) is 4.79 Å². The van der Waals surface area contributed by atoms with Crippen LogP contribution in [-0.2, 0) is 4.74 Å². The van der Waals surface area contributed by atoms with Crippen molar-refractivity contribution >= 4 is 6.09 Å². The Morgan fingerprint density at radius 1 is 1.41 bits per heavy atom. The van der Waals surface area contributed by atoms with Gasteiger partial charge in [-0.3, -0.25) is 5.84 Å². The maximum atomic E-state index is 11.9. The summed E-state index contributed by atoms with van der Waals surface area (Å²) in [6.45, 7) is 3.06. The van der Waals surface area contributed by atoms with Gasteiger partial charge in [-0.15, -0.1) is 0 Å². The topological polar surface area (TPSA) is 58.8 Å². The lowest BCUT2D eigenvalue weighted by Gasteiger charge is -2.48. The van der Waals surface area contributed by atoms with E-state index < -0.39 is 0 Å². The van der Waals surface area contributed by atoms with Crippen molar-refractivity contribution < 1.29 is 9.53 Å². The zero-order valence-corrected chi connectivity index (χ0v) is 11.2. The Hall–Kier alpha value is -0.810. The first-order valence-corrected chi connectivity index (χ1v) is 6.38. The second-order valence-electron chi connectivity index (χ2n) is 4.98. The zero-order chi connectivity index (χ0) is 12.9. The molecule has 17 heavy (non-hydrogen) atoms. The highest BCUT2D eigenvalue weighted by molar-refractivity contribution is 5.68. The minimum Gasteiger partial charge on any atom is -0.448 e. The van der Waals surface area contributed by atoms with Gasteiger partial charge in [0.05, 0.1) is 0 Å². The van der Waals surface area contributed by atoms with Gasteiger partial charge >= 0.3 is 6.09 Å². The van der Waals surface area contributed by atoms with Crippen molar-refractivity contribution in [2.24, 2.45) is 5.84 Å². The molecule has 0 aromatic heterocycles. The van der Waals surface area contributed by atoms with Crippen molar-refractivity contribution in [3.8, 4) is 0 Å². The number of nitrogens with zero attached hydrogens (tertiary/aromatic N) is 2. The molecule has 0 atom stereocenters. The lowest BCUT2D eigenvalue weighted by Crippen LogP contribution is -2.54. The van der Waals surface area contributed by atoms with Crippen LogP contribution in [0.15, 0.2) is 0 Å². The van der Waals surface area contributed by atoms with E-state index in [4.69, 9.17) is 10.6 Å². The third-order valence-corrected chi connectivity index (χ3v) is 3.65. The summed E-state index contributed by atoms with van der Waals surface area (Å²) in [5, 5.41) is 1.51. The van der Waals surface area contributed by atoms with Crippen molar-refractivity contribution in [3.05, 3.63) is 0 Å². The fourth-order valence-corrected chi connectivity index (χ4v) is 2.37. The molecule has 2 N–H and O–H groups in total. The molecule has 0 spiro atoms. The molecule has 1 aliphatic carbocycles. The first kappa shape index (κ1) is 14.3. The highest BCUT2D eigenvalue weighted by Crippen LogP contribution is 2.40. The SMILES string of the molecule is CCCC1(N(C)C(=O)OCCN(C)N)CCC1. The van der Waals surface area contributed by atoms with E-state index in [2.05, 4.69) is 6.92 Å². The van der Waals surface area contributed by atoms with E-state index in [0.717, 1.165) is 25.7 Å². The lowest BCUT2D eigenvalue weighted by atomic mass is 9.73. The average molecular weight is 243 g/mol. The van der Waals surface area contributed by atoms with Crippen LogP contribution in [0.5, 0.6) is 0 Å². The molecule has 1 saturated carbocycles. The Morgan fingerprint density at radius 2 is 2.06 bits per heavy atom. The molecule has 1 amide bonds. The third kappa shape index (κ3) is 3.57. The summed E-state index contributed by atoms with van der Waals surface area (Å²) in [4.78, 5) is 13.7. The summed E-state index contributed by atoms with van der Waals surface area (Å²) < 4.78 is 5.21. The van der Waals surface area contributed by atoms with Crippen molar-refractivity contribution in [1.82, 2.24) is 9.91 Å². The molecule has 0 aliphatic heterocycles. The molecule has 1 rings (SSSR count). The maximum absolute atomic E-state index is 11.9. The van der Waals surface area contributed by atoms with Gasteiger partial charge < -0.3 is 9.64 Å². The standard InChI is InChI=1S/C12H25N3O2/c1-4-6-12(7-5-8-12)15(3)11(16)17-10-9-14(2)13/h4-10,13H2,1-3H3. The molecular weight excluding hydrogens is 218 g/mol. The predicted molar refractivity (Wildman–Crippen MR) is 67.4 cm³/mol. The van der Waals surface area contributed by atoms with Gasteiger partial charge in [0.15, 0.2) is 0 Å². The fraction of sp³-hybridized carbons (Fsp3) is 0.917. The van der Waals surface area contributed by atoms with Crippen LogP contribution in [0.25, 0.3) is 0 Å². The summed E-state index contributed by atoms with van der Waals surface area (Å²) in [6, 6.07) is 0. The quantitative estimate of drug-likeness (QED) is 0.568. The smallest absolute Gasteiger partial charge is 0.410 e. The van der Waals surface area contributed by atoms with E-state index in [-0.39, 0.29) is 11.6 Å². The molecule has 0 saturated heterocycles. The van der Waals surface area contributed by atoms with Crippen molar-refractivity contribution in [1.29, 1.82) is 0 Å². The van der Waals surface area contributed by atoms with Gasteiger partial charge in [0.2, 0.25) is 0 Å². The molecule has 0 heterocycles. The molecule has 0 radical (unpaired) electrons. The first-order valence-electron chi connectivity index (χ1n) is 6.38. The van der Waals surface area contributed by atoms with Crippen LogP contribution in [0.1, 0.15) is 39.0 Å². The van der Waals surface area contributed by atoms with Gasteiger partial charge in [-0.25, -0.2) is 9.80 Å². The second kappa shape index (κ2) is 6.21. The summed E-state index contributed by atoms with van der Waals surface area (Å²) in [5.74, 6) is 5.45. The number of rotatable bonds is 6. The number of likely N-dealkylation sites (N-methyl/N-ethyl adjacent to an activating group) is 1. The van der Waals surface area contributed by atoms with Gasteiger partial charge in [-0.2, -0.15) is 0 Å². The Bertz CT molecular complexity index is 252. The monoisotopic (exact) mass is 243 g/mol. The molecule has 100 valence electrons. The number of amides is 1. The van der Waals surface area contributed by atoms with Crippen LogP contribution in [0.2, 0.25) is 0 Å². The van der Waals surface area contributed by atoms with Crippen LogP contribution in [0.3, 0.4) is 0 Å². The second-order valence-corrected chi connectivity index (χ2v) is 4.98. The lowest BCUT2D eigenvalue weighted by molar-refractivity contribution is 0.0150. The largest absolute Gasteiger partial charge is 0.448 e. The van der Waals surface area contributed by atoms with Gasteiger partial charge in [0.25, 0.3) is 0 Å². The van der Waals surface area contributed by atoms with Crippen LogP contribution >= 0.6 is 0 Å². The molecule has 0 bridgehead atoms. The number of hydrogen-bond donors (Lipinski definition) is 1. The summed E-state index contributed by atoms with van der Waals surface area (Å²) in [6.07, 6.45) is 5.36. The molecule has 5 nitrogen and oxygen atoms in total. The van der Waals surface area contributed by atoms with E-state index in [0.29, 0.717) is 13.2 Å². The Morgan fingerprint density at radius 3 is 2.47 bits per heavy atom. The fourth-order valence-electron chi connectivity index (χ4n) is 2.37.